The van der Waals surface area contributed by atoms with Crippen molar-refractivity contribution in [2.45, 2.75) is 45.8 Å². The highest BCUT2D eigenvalue weighted by molar-refractivity contribution is 6.46. The Morgan fingerprint density at radius 1 is 1.19 bits per heavy atom. The fourth-order valence-corrected chi connectivity index (χ4v) is 4.68. The van der Waals surface area contributed by atoms with Gasteiger partial charge in [0, 0.05) is 25.1 Å². The summed E-state index contributed by atoms with van der Waals surface area (Å²) in [6.45, 7) is 7.80. The molecule has 7 nitrogen and oxygen atoms in total. The molecule has 1 fully saturated rings. The molecule has 2 aromatic rings. The summed E-state index contributed by atoms with van der Waals surface area (Å²) in [6.07, 6.45) is 1.71. The highest BCUT2D eigenvalue weighted by Gasteiger charge is 2.46. The first kappa shape index (κ1) is 25.8. The molecule has 0 aromatic heterocycles. The summed E-state index contributed by atoms with van der Waals surface area (Å²) in [6, 6.07) is 12.2. The number of ketones is 1. The molecule has 4 rings (SSSR count). The molecule has 1 N–H and O–H groups in total. The number of nitrogens with zero attached hydrogens (tertiary/aromatic N) is 2. The third kappa shape index (κ3) is 5.41. The van der Waals surface area contributed by atoms with Crippen molar-refractivity contribution in [1.82, 2.24) is 9.80 Å². The lowest BCUT2D eigenvalue weighted by atomic mass is 9.94. The van der Waals surface area contributed by atoms with Gasteiger partial charge in [0.1, 0.15) is 23.4 Å². The van der Waals surface area contributed by atoms with Gasteiger partial charge in [-0.25, -0.2) is 0 Å². The average Bonchev–Trinajstić information content (AvgIpc) is 3.32. The van der Waals surface area contributed by atoms with E-state index in [1.807, 2.05) is 62.3 Å². The van der Waals surface area contributed by atoms with Gasteiger partial charge in [-0.2, -0.15) is 0 Å². The Bertz CT molecular complexity index is 1170. The molecule has 0 bridgehead atoms. The second-order valence-corrected chi connectivity index (χ2v) is 10.4. The van der Waals surface area contributed by atoms with Crippen LogP contribution in [0.2, 0.25) is 0 Å². The lowest BCUT2D eigenvalue weighted by molar-refractivity contribution is -0.140. The van der Waals surface area contributed by atoms with Gasteiger partial charge in [0.15, 0.2) is 0 Å². The first-order valence-corrected chi connectivity index (χ1v) is 12.6. The van der Waals surface area contributed by atoms with Gasteiger partial charge >= 0.3 is 0 Å². The maximum Gasteiger partial charge on any atom is 0.295 e. The first-order chi connectivity index (χ1) is 17.2. The van der Waals surface area contributed by atoms with Gasteiger partial charge in [-0.3, -0.25) is 9.59 Å². The summed E-state index contributed by atoms with van der Waals surface area (Å²) >= 11 is 0. The Labute approximate surface area is 213 Å². The summed E-state index contributed by atoms with van der Waals surface area (Å²) in [5, 5.41) is 11.4. The number of carbonyl (C=O) groups is 2. The fourth-order valence-electron chi connectivity index (χ4n) is 4.68. The first-order valence-electron chi connectivity index (χ1n) is 12.6. The van der Waals surface area contributed by atoms with E-state index in [1.54, 1.807) is 11.0 Å². The van der Waals surface area contributed by atoms with Gasteiger partial charge in [-0.05, 0) is 74.8 Å². The summed E-state index contributed by atoms with van der Waals surface area (Å²) in [5.74, 6) is 0.537. The van der Waals surface area contributed by atoms with Crippen molar-refractivity contribution in [3.05, 3.63) is 64.7 Å². The van der Waals surface area contributed by atoms with E-state index < -0.39 is 17.7 Å². The number of amides is 1. The van der Waals surface area contributed by atoms with Crippen molar-refractivity contribution < 1.29 is 24.2 Å². The number of benzene rings is 2. The van der Waals surface area contributed by atoms with Gasteiger partial charge in [0.05, 0.1) is 18.2 Å². The predicted molar refractivity (Wildman–Crippen MR) is 139 cm³/mol. The molecule has 36 heavy (non-hydrogen) atoms. The van der Waals surface area contributed by atoms with Crippen LogP contribution in [0.5, 0.6) is 11.5 Å². The molecule has 2 heterocycles. The summed E-state index contributed by atoms with van der Waals surface area (Å²) in [5.41, 5.74) is 2.32. The van der Waals surface area contributed by atoms with Crippen molar-refractivity contribution in [1.29, 1.82) is 0 Å². The molecule has 0 spiro atoms. The Kier molecular flexibility index (Phi) is 7.69. The van der Waals surface area contributed by atoms with Crippen LogP contribution < -0.4 is 9.47 Å². The van der Waals surface area contributed by atoms with Crippen LogP contribution >= 0.6 is 0 Å². The Morgan fingerprint density at radius 2 is 1.97 bits per heavy atom. The van der Waals surface area contributed by atoms with Gasteiger partial charge < -0.3 is 24.4 Å². The second-order valence-electron chi connectivity index (χ2n) is 10.4. The molecule has 1 saturated heterocycles. The zero-order chi connectivity index (χ0) is 26.0. The van der Waals surface area contributed by atoms with E-state index in [9.17, 15) is 14.7 Å². The normalized spacial score (nSPS) is 20.8. The topological polar surface area (TPSA) is 79.3 Å². The fraction of sp³-hybridized carbons (Fsp3) is 0.448. The van der Waals surface area contributed by atoms with E-state index in [0.29, 0.717) is 36.9 Å². The van der Waals surface area contributed by atoms with E-state index in [4.69, 9.17) is 9.47 Å². The molecule has 192 valence electrons. The smallest absolute Gasteiger partial charge is 0.295 e. The van der Waals surface area contributed by atoms with E-state index in [0.717, 1.165) is 29.7 Å². The number of Topliss-reactive ketones (excluding diaryl/α,β-unsaturated/α-hetero) is 1. The molecule has 0 radical (unpaired) electrons. The number of hydrogen-bond acceptors (Lipinski definition) is 6. The van der Waals surface area contributed by atoms with Gasteiger partial charge in [0.2, 0.25) is 0 Å². The van der Waals surface area contributed by atoms with Crippen LogP contribution in [0.4, 0.5) is 0 Å². The van der Waals surface area contributed by atoms with Crippen LogP contribution in [0.3, 0.4) is 0 Å². The molecular weight excluding hydrogens is 456 g/mol. The van der Waals surface area contributed by atoms with Crippen molar-refractivity contribution in [3.63, 3.8) is 0 Å². The molecule has 2 aliphatic heterocycles. The van der Waals surface area contributed by atoms with E-state index in [-0.39, 0.29) is 17.4 Å². The van der Waals surface area contributed by atoms with Crippen LogP contribution in [-0.4, -0.2) is 66.5 Å². The molecular formula is C29H36N2O5. The SMILES string of the molecule is CC(C)CCOc1cccc([C@H]2C(=C(O)c3ccc4c(c3)C[C@@H](C)O4)C(=O)C(=O)N2CCN(C)C)c1. The van der Waals surface area contributed by atoms with Crippen LogP contribution in [0.1, 0.15) is 49.9 Å². The molecule has 2 aliphatic rings. The summed E-state index contributed by atoms with van der Waals surface area (Å²) in [7, 11) is 3.84. The third-order valence-corrected chi connectivity index (χ3v) is 6.64. The minimum atomic E-state index is -0.706. The van der Waals surface area contributed by atoms with Crippen molar-refractivity contribution in [3.8, 4) is 11.5 Å². The minimum Gasteiger partial charge on any atom is -0.507 e. The highest BCUT2D eigenvalue weighted by atomic mass is 16.5. The quantitative estimate of drug-likeness (QED) is 0.317. The van der Waals surface area contributed by atoms with Gasteiger partial charge in [-0.15, -0.1) is 0 Å². The minimum absolute atomic E-state index is 0.0624. The maximum absolute atomic E-state index is 13.3. The number of likely N-dealkylation sites (tertiary alicyclic amines) is 1. The Morgan fingerprint density at radius 3 is 2.69 bits per heavy atom. The van der Waals surface area contributed by atoms with Crippen LogP contribution in [-0.2, 0) is 16.0 Å². The molecule has 1 amide bonds. The number of rotatable bonds is 9. The molecule has 2 aromatic carbocycles. The number of carbonyl (C=O) groups excluding carboxylic acids is 2. The zero-order valence-electron chi connectivity index (χ0n) is 21.8. The van der Waals surface area contributed by atoms with E-state index >= 15 is 0 Å². The number of ether oxygens (including phenoxy) is 2. The molecule has 2 atom stereocenters. The highest BCUT2D eigenvalue weighted by Crippen LogP contribution is 2.41. The predicted octanol–water partition coefficient (Wildman–Crippen LogP) is 4.42. The third-order valence-electron chi connectivity index (χ3n) is 6.64. The van der Waals surface area contributed by atoms with E-state index in [1.165, 1.54) is 0 Å². The zero-order valence-corrected chi connectivity index (χ0v) is 21.8. The van der Waals surface area contributed by atoms with Crippen LogP contribution in [0.15, 0.2) is 48.0 Å². The van der Waals surface area contributed by atoms with E-state index in [2.05, 4.69) is 13.8 Å². The van der Waals surface area contributed by atoms with Crippen LogP contribution in [0, 0.1) is 5.92 Å². The standard InChI is InChI=1S/C29H36N2O5/c1-18(2)11-14-35-23-8-6-7-20(17-23)26-25(28(33)29(34)31(26)13-12-30(4)5)27(32)21-9-10-24-22(16-21)15-19(3)36-24/h6-10,16-19,26,32H,11-15H2,1-5H3/t19-,26+/m1/s1. The number of fused-ring (bicyclic) bond motifs is 1. The number of aliphatic hydroxyl groups excluding tert-OH is 1. The summed E-state index contributed by atoms with van der Waals surface area (Å²) < 4.78 is 11.7. The van der Waals surface area contributed by atoms with Gasteiger partial charge in [0.25, 0.3) is 11.7 Å². The van der Waals surface area contributed by atoms with Crippen LogP contribution in [0.25, 0.3) is 5.76 Å². The largest absolute Gasteiger partial charge is 0.507 e. The molecule has 0 unspecified atom stereocenters. The van der Waals surface area contributed by atoms with Crippen molar-refractivity contribution >= 4 is 17.4 Å². The number of hydrogen-bond donors (Lipinski definition) is 1. The number of likely N-dealkylation sites (N-methyl/N-ethyl adjacent to an activating group) is 1. The summed E-state index contributed by atoms with van der Waals surface area (Å²) in [4.78, 5) is 30.0. The lowest BCUT2D eigenvalue weighted by Crippen LogP contribution is -2.35. The molecule has 0 aliphatic carbocycles. The van der Waals surface area contributed by atoms with Gasteiger partial charge in [-0.1, -0.05) is 26.0 Å². The Balaban J connectivity index is 1.75. The second kappa shape index (κ2) is 10.7. The monoisotopic (exact) mass is 492 g/mol. The van der Waals surface area contributed by atoms with Crippen molar-refractivity contribution in [2.24, 2.45) is 5.92 Å². The molecule has 7 heteroatoms. The number of aliphatic hydroxyl groups is 1. The maximum atomic E-state index is 13.3. The molecule has 0 saturated carbocycles. The Hall–Kier alpha value is -3.32. The van der Waals surface area contributed by atoms with Crippen molar-refractivity contribution in [2.75, 3.05) is 33.8 Å². The average molecular weight is 493 g/mol. The lowest BCUT2D eigenvalue weighted by Gasteiger charge is -2.27.